The molecule has 180 valence electrons. The lowest BCUT2D eigenvalue weighted by Gasteiger charge is -2.24. The summed E-state index contributed by atoms with van der Waals surface area (Å²) in [6.07, 6.45) is 13.1. The zero-order chi connectivity index (χ0) is 24.6. The van der Waals surface area contributed by atoms with Gasteiger partial charge in [-0.05, 0) is 42.0 Å². The predicted octanol–water partition coefficient (Wildman–Crippen LogP) is 3.95. The summed E-state index contributed by atoms with van der Waals surface area (Å²) in [5.74, 6) is 1.05. The van der Waals surface area contributed by atoms with E-state index in [0.717, 1.165) is 39.2 Å². The first-order valence-electron chi connectivity index (χ1n) is 11.5. The first-order valence-corrected chi connectivity index (χ1v) is 14.6. The average molecular weight is 488 g/mol. The van der Waals surface area contributed by atoms with E-state index in [1.54, 1.807) is 16.8 Å². The first-order chi connectivity index (χ1) is 16.8. The predicted molar refractivity (Wildman–Crippen MR) is 141 cm³/mol. The zero-order valence-corrected chi connectivity index (χ0v) is 21.1. The van der Waals surface area contributed by atoms with Crippen molar-refractivity contribution in [1.29, 1.82) is 5.26 Å². The van der Waals surface area contributed by atoms with Gasteiger partial charge in [0, 0.05) is 48.0 Å². The van der Waals surface area contributed by atoms with E-state index in [0.29, 0.717) is 26.2 Å². The summed E-state index contributed by atoms with van der Waals surface area (Å²) in [6.45, 7) is 1.13. The van der Waals surface area contributed by atoms with Crippen molar-refractivity contribution in [3.05, 3.63) is 82.7 Å². The molecule has 0 atom stereocenters. The molecule has 4 aromatic rings. The fraction of sp³-hybridized carbons (Fsp3) is 0.333. The number of nitrogens with zero attached hydrogens (tertiary/aromatic N) is 5. The van der Waals surface area contributed by atoms with Gasteiger partial charge >= 0.3 is 0 Å². The maximum atomic E-state index is 12.9. The maximum absolute atomic E-state index is 12.9. The molecule has 0 saturated heterocycles. The molecular weight excluding hydrogens is 458 g/mol. The Kier molecular flexibility index (Phi) is 5.99. The Morgan fingerprint density at radius 1 is 1.09 bits per heavy atom. The van der Waals surface area contributed by atoms with E-state index in [-0.39, 0.29) is 5.56 Å². The van der Waals surface area contributed by atoms with Crippen LogP contribution >= 0.6 is 10.0 Å². The Hall–Kier alpha value is -3.41. The van der Waals surface area contributed by atoms with Crippen LogP contribution in [-0.4, -0.2) is 50.2 Å². The fourth-order valence-corrected chi connectivity index (χ4v) is 5.29. The van der Waals surface area contributed by atoms with Gasteiger partial charge in [0.15, 0.2) is 0 Å². The lowest BCUT2D eigenvalue weighted by Crippen LogP contribution is -2.40. The van der Waals surface area contributed by atoms with Crippen molar-refractivity contribution < 1.29 is 4.74 Å². The van der Waals surface area contributed by atoms with E-state index in [9.17, 15) is 10.1 Å². The van der Waals surface area contributed by atoms with E-state index < -0.39 is 15.6 Å². The highest BCUT2D eigenvalue weighted by molar-refractivity contribution is 8.32. The SMILES string of the molecule is CS(C)(C)CCOCn1ccc2c(-c3ccc(=O)n(C4(C#N)Cc5ccccc5C4)c3)ncnc21. The van der Waals surface area contributed by atoms with E-state index >= 15 is 0 Å². The summed E-state index contributed by atoms with van der Waals surface area (Å²) in [4.78, 5) is 22.0. The van der Waals surface area contributed by atoms with Crippen LogP contribution in [0.5, 0.6) is 0 Å². The Labute approximate surface area is 206 Å². The molecule has 0 saturated carbocycles. The van der Waals surface area contributed by atoms with Crippen LogP contribution in [0, 0.1) is 11.3 Å². The molecule has 35 heavy (non-hydrogen) atoms. The van der Waals surface area contributed by atoms with Gasteiger partial charge in [-0.2, -0.15) is 5.26 Å². The molecule has 8 heteroatoms. The highest BCUT2D eigenvalue weighted by Crippen LogP contribution is 2.36. The summed E-state index contributed by atoms with van der Waals surface area (Å²) in [6, 6.07) is 15.7. The highest BCUT2D eigenvalue weighted by Gasteiger charge is 2.40. The third kappa shape index (κ3) is 4.49. The molecule has 0 radical (unpaired) electrons. The standard InChI is InChI=1S/C27H29N5O2S/c1-35(2,3)13-12-34-19-31-11-10-23-25(29-18-30-26(23)31)22-8-9-24(33)32(16-22)27(17-28)14-20-6-4-5-7-21(20)15-27/h4-11,16,18H,12-15,19H2,1-3H3. The van der Waals surface area contributed by atoms with Gasteiger partial charge in [-0.3, -0.25) is 9.36 Å². The molecule has 3 heterocycles. The highest BCUT2D eigenvalue weighted by atomic mass is 32.3. The van der Waals surface area contributed by atoms with Gasteiger partial charge in [-0.25, -0.2) is 20.0 Å². The van der Waals surface area contributed by atoms with E-state index in [4.69, 9.17) is 4.74 Å². The molecule has 0 spiro atoms. The van der Waals surface area contributed by atoms with Crippen molar-refractivity contribution >= 4 is 21.1 Å². The second-order valence-electron chi connectivity index (χ2n) is 9.97. The smallest absolute Gasteiger partial charge is 0.251 e. The largest absolute Gasteiger partial charge is 0.360 e. The van der Waals surface area contributed by atoms with Gasteiger partial charge < -0.3 is 9.30 Å². The molecule has 1 aliphatic carbocycles. The monoisotopic (exact) mass is 487 g/mol. The van der Waals surface area contributed by atoms with Crippen molar-refractivity contribution in [3.8, 4) is 17.3 Å². The van der Waals surface area contributed by atoms with Crippen molar-refractivity contribution in [3.63, 3.8) is 0 Å². The minimum atomic E-state index is -0.947. The topological polar surface area (TPSA) is 85.7 Å². The number of hydrogen-bond acceptors (Lipinski definition) is 5. The number of nitriles is 1. The second-order valence-corrected chi connectivity index (χ2v) is 14.6. The summed E-state index contributed by atoms with van der Waals surface area (Å²) < 4.78 is 9.47. The van der Waals surface area contributed by atoms with Crippen LogP contribution in [0.2, 0.25) is 0 Å². The van der Waals surface area contributed by atoms with Crippen molar-refractivity contribution in [1.82, 2.24) is 19.1 Å². The summed E-state index contributed by atoms with van der Waals surface area (Å²) in [7, 11) is -0.601. The van der Waals surface area contributed by atoms with Gasteiger partial charge in [-0.1, -0.05) is 24.3 Å². The van der Waals surface area contributed by atoms with Crippen LogP contribution in [0.15, 0.2) is 66.0 Å². The van der Waals surface area contributed by atoms with Crippen molar-refractivity contribution in [2.75, 3.05) is 31.1 Å². The van der Waals surface area contributed by atoms with Gasteiger partial charge in [0.25, 0.3) is 5.56 Å². The Balaban J connectivity index is 1.48. The normalized spacial score (nSPS) is 15.1. The first kappa shape index (κ1) is 23.3. The average Bonchev–Trinajstić information content (AvgIpc) is 3.43. The Bertz CT molecular complexity index is 1470. The minimum Gasteiger partial charge on any atom is -0.360 e. The molecule has 0 fully saturated rings. The maximum Gasteiger partial charge on any atom is 0.251 e. The third-order valence-corrected chi connectivity index (χ3v) is 7.96. The minimum absolute atomic E-state index is 0.194. The zero-order valence-electron chi connectivity index (χ0n) is 20.3. The number of fused-ring (bicyclic) bond motifs is 2. The molecule has 5 rings (SSSR count). The van der Waals surface area contributed by atoms with Gasteiger partial charge in [-0.15, -0.1) is 0 Å². The molecule has 0 unspecified atom stereocenters. The van der Waals surface area contributed by atoms with Gasteiger partial charge in [0.1, 0.15) is 24.2 Å². The molecule has 0 amide bonds. The lowest BCUT2D eigenvalue weighted by molar-refractivity contribution is 0.0923. The number of pyridine rings is 1. The van der Waals surface area contributed by atoms with Crippen LogP contribution in [0.25, 0.3) is 22.3 Å². The Morgan fingerprint density at radius 3 is 2.51 bits per heavy atom. The lowest BCUT2D eigenvalue weighted by atomic mass is 9.96. The van der Waals surface area contributed by atoms with Crippen LogP contribution in [0.4, 0.5) is 0 Å². The molecule has 7 nitrogen and oxygen atoms in total. The van der Waals surface area contributed by atoms with Crippen LogP contribution in [-0.2, 0) is 29.8 Å². The molecule has 3 aromatic heterocycles. The van der Waals surface area contributed by atoms with Crippen molar-refractivity contribution in [2.24, 2.45) is 0 Å². The fourth-order valence-electron chi connectivity index (χ4n) is 4.67. The molecule has 1 aromatic carbocycles. The number of ether oxygens (including phenoxy) is 1. The van der Waals surface area contributed by atoms with E-state index in [2.05, 4.69) is 34.8 Å². The van der Waals surface area contributed by atoms with Gasteiger partial charge in [0.05, 0.1) is 18.4 Å². The quantitative estimate of drug-likeness (QED) is 0.369. The number of hydrogen-bond donors (Lipinski definition) is 0. The summed E-state index contributed by atoms with van der Waals surface area (Å²) in [5.41, 5.74) is 3.36. The van der Waals surface area contributed by atoms with E-state index in [1.165, 1.54) is 12.4 Å². The van der Waals surface area contributed by atoms with Crippen LogP contribution in [0.1, 0.15) is 11.1 Å². The summed E-state index contributed by atoms with van der Waals surface area (Å²) >= 11 is 0. The van der Waals surface area contributed by atoms with Gasteiger partial charge in [0.2, 0.25) is 0 Å². The summed E-state index contributed by atoms with van der Waals surface area (Å²) in [5, 5.41) is 11.1. The number of aromatic nitrogens is 4. The second kappa shape index (κ2) is 8.99. The molecule has 1 aliphatic rings. The van der Waals surface area contributed by atoms with Crippen molar-refractivity contribution in [2.45, 2.75) is 25.1 Å². The molecule has 0 bridgehead atoms. The van der Waals surface area contributed by atoms with E-state index in [1.807, 2.05) is 41.1 Å². The number of benzene rings is 1. The number of rotatable bonds is 7. The molecule has 0 N–H and O–H groups in total. The molecule has 0 aliphatic heterocycles. The molecular formula is C27H29N5O2S. The van der Waals surface area contributed by atoms with Crippen LogP contribution < -0.4 is 5.56 Å². The Morgan fingerprint density at radius 2 is 1.83 bits per heavy atom. The van der Waals surface area contributed by atoms with Crippen LogP contribution in [0.3, 0.4) is 0 Å². The third-order valence-electron chi connectivity index (χ3n) is 6.56.